The van der Waals surface area contributed by atoms with E-state index in [1.165, 1.54) is 6.21 Å². The standard InChI is InChI=1S/C23H22N2O4/c1-15(2)28-23(27)18-9-6-8-17(13-18)21-12-11-19(29-21)14-24-25-22(26)20-10-5-4-7-16(20)3/h4-15H,1-3H3,(H,25,26)/b24-14-. The molecule has 0 atom stereocenters. The molecule has 0 aliphatic carbocycles. The van der Waals surface area contributed by atoms with E-state index in [1.807, 2.05) is 25.1 Å². The fourth-order valence-electron chi connectivity index (χ4n) is 2.70. The number of nitrogens with one attached hydrogen (secondary N) is 1. The third-order valence-corrected chi connectivity index (χ3v) is 4.10. The first-order valence-corrected chi connectivity index (χ1v) is 9.24. The highest BCUT2D eigenvalue weighted by Crippen LogP contribution is 2.23. The van der Waals surface area contributed by atoms with Crippen LogP contribution in [0.3, 0.4) is 0 Å². The van der Waals surface area contributed by atoms with Crippen LogP contribution in [-0.2, 0) is 4.74 Å². The van der Waals surface area contributed by atoms with Crippen LogP contribution >= 0.6 is 0 Å². The molecule has 3 rings (SSSR count). The van der Waals surface area contributed by atoms with Gasteiger partial charge in [-0.1, -0.05) is 30.3 Å². The lowest BCUT2D eigenvalue weighted by Gasteiger charge is -2.08. The highest BCUT2D eigenvalue weighted by Gasteiger charge is 2.12. The summed E-state index contributed by atoms with van der Waals surface area (Å²) in [5, 5.41) is 3.95. The number of aryl methyl sites for hydroxylation is 1. The summed E-state index contributed by atoms with van der Waals surface area (Å²) in [7, 11) is 0. The number of carbonyl (C=O) groups is 2. The van der Waals surface area contributed by atoms with Gasteiger partial charge in [0.15, 0.2) is 0 Å². The van der Waals surface area contributed by atoms with Gasteiger partial charge in [-0.3, -0.25) is 4.79 Å². The molecule has 0 unspecified atom stereocenters. The molecule has 0 saturated carbocycles. The second-order valence-electron chi connectivity index (χ2n) is 6.75. The molecule has 0 saturated heterocycles. The number of hydrogen-bond donors (Lipinski definition) is 1. The van der Waals surface area contributed by atoms with Gasteiger partial charge in [-0.25, -0.2) is 10.2 Å². The molecule has 3 aromatic rings. The van der Waals surface area contributed by atoms with E-state index in [0.717, 1.165) is 11.1 Å². The van der Waals surface area contributed by atoms with Crippen molar-refractivity contribution in [2.24, 2.45) is 5.10 Å². The summed E-state index contributed by atoms with van der Waals surface area (Å²) < 4.78 is 11.0. The van der Waals surface area contributed by atoms with Gasteiger partial charge < -0.3 is 9.15 Å². The predicted octanol–water partition coefficient (Wildman–Crippen LogP) is 4.58. The van der Waals surface area contributed by atoms with Crippen LogP contribution in [0.1, 0.15) is 45.9 Å². The van der Waals surface area contributed by atoms with E-state index in [0.29, 0.717) is 22.6 Å². The van der Waals surface area contributed by atoms with Gasteiger partial charge in [0.25, 0.3) is 5.91 Å². The van der Waals surface area contributed by atoms with Gasteiger partial charge in [-0.05, 0) is 56.7 Å². The van der Waals surface area contributed by atoms with Gasteiger partial charge in [0.2, 0.25) is 0 Å². The Hall–Kier alpha value is -3.67. The summed E-state index contributed by atoms with van der Waals surface area (Å²) in [5.74, 6) is 0.382. The van der Waals surface area contributed by atoms with Crippen molar-refractivity contribution in [3.05, 3.63) is 83.1 Å². The van der Waals surface area contributed by atoms with Crippen LogP contribution in [0.5, 0.6) is 0 Å². The first-order chi connectivity index (χ1) is 13.9. The van der Waals surface area contributed by atoms with Crippen molar-refractivity contribution in [1.82, 2.24) is 5.43 Å². The molecule has 6 nitrogen and oxygen atoms in total. The van der Waals surface area contributed by atoms with Crippen molar-refractivity contribution in [1.29, 1.82) is 0 Å². The van der Waals surface area contributed by atoms with Crippen LogP contribution in [-0.4, -0.2) is 24.2 Å². The average Bonchev–Trinajstić information content (AvgIpc) is 3.17. The minimum absolute atomic E-state index is 0.188. The number of amides is 1. The van der Waals surface area contributed by atoms with E-state index in [2.05, 4.69) is 10.5 Å². The lowest BCUT2D eigenvalue weighted by atomic mass is 10.1. The summed E-state index contributed by atoms with van der Waals surface area (Å²) in [6.07, 6.45) is 1.24. The van der Waals surface area contributed by atoms with Gasteiger partial charge in [0, 0.05) is 11.1 Å². The van der Waals surface area contributed by atoms with Crippen molar-refractivity contribution < 1.29 is 18.7 Å². The second-order valence-corrected chi connectivity index (χ2v) is 6.75. The molecule has 1 N–H and O–H groups in total. The largest absolute Gasteiger partial charge is 0.459 e. The second kappa shape index (κ2) is 9.01. The third kappa shape index (κ3) is 5.19. The number of ether oxygens (including phenoxy) is 1. The molecule has 2 aromatic carbocycles. The molecule has 29 heavy (non-hydrogen) atoms. The number of rotatable bonds is 6. The monoisotopic (exact) mass is 390 g/mol. The predicted molar refractivity (Wildman–Crippen MR) is 111 cm³/mol. The fraction of sp³-hybridized carbons (Fsp3) is 0.174. The van der Waals surface area contributed by atoms with Gasteiger partial charge in [0.05, 0.1) is 17.9 Å². The Kier molecular flexibility index (Phi) is 6.24. The molecular weight excluding hydrogens is 368 g/mol. The molecule has 0 bridgehead atoms. The van der Waals surface area contributed by atoms with Gasteiger partial charge in [-0.2, -0.15) is 5.10 Å². The molecule has 6 heteroatoms. The first-order valence-electron chi connectivity index (χ1n) is 9.24. The minimum Gasteiger partial charge on any atom is -0.459 e. The number of hydrazone groups is 1. The normalized spacial score (nSPS) is 11.0. The zero-order valence-electron chi connectivity index (χ0n) is 16.5. The Balaban J connectivity index is 1.68. The number of hydrogen-bond acceptors (Lipinski definition) is 5. The lowest BCUT2D eigenvalue weighted by molar-refractivity contribution is 0.0378. The molecule has 0 fully saturated rings. The summed E-state index contributed by atoms with van der Waals surface area (Å²) in [4.78, 5) is 24.2. The van der Waals surface area contributed by atoms with Crippen LogP contribution in [0.2, 0.25) is 0 Å². The number of carbonyl (C=O) groups excluding carboxylic acids is 2. The minimum atomic E-state index is -0.380. The zero-order valence-corrected chi connectivity index (χ0v) is 16.5. The highest BCUT2D eigenvalue weighted by molar-refractivity contribution is 5.96. The van der Waals surface area contributed by atoms with E-state index >= 15 is 0 Å². The van der Waals surface area contributed by atoms with E-state index in [-0.39, 0.29) is 18.0 Å². The quantitative estimate of drug-likeness (QED) is 0.379. The number of furan rings is 1. The van der Waals surface area contributed by atoms with Crippen LogP contribution in [0.4, 0.5) is 0 Å². The number of benzene rings is 2. The SMILES string of the molecule is Cc1ccccc1C(=O)N/N=C\c1ccc(-c2cccc(C(=O)OC(C)C)c2)o1. The molecule has 1 heterocycles. The third-order valence-electron chi connectivity index (χ3n) is 4.10. The van der Waals surface area contributed by atoms with Gasteiger partial charge >= 0.3 is 5.97 Å². The molecule has 148 valence electrons. The maximum Gasteiger partial charge on any atom is 0.338 e. The average molecular weight is 390 g/mol. The Morgan fingerprint density at radius 1 is 1.07 bits per heavy atom. The smallest absolute Gasteiger partial charge is 0.338 e. The summed E-state index contributed by atoms with van der Waals surface area (Å²) in [5.41, 5.74) is 5.12. The highest BCUT2D eigenvalue weighted by atomic mass is 16.5. The number of esters is 1. The molecular formula is C23H22N2O4. The van der Waals surface area contributed by atoms with Crippen LogP contribution in [0.25, 0.3) is 11.3 Å². The van der Waals surface area contributed by atoms with Crippen LogP contribution < -0.4 is 5.43 Å². The van der Waals surface area contributed by atoms with E-state index in [9.17, 15) is 9.59 Å². The first kappa shape index (κ1) is 20.1. The summed E-state index contributed by atoms with van der Waals surface area (Å²) in [6.45, 7) is 5.47. The summed E-state index contributed by atoms with van der Waals surface area (Å²) >= 11 is 0. The molecule has 0 aliphatic rings. The Morgan fingerprint density at radius 3 is 2.62 bits per heavy atom. The van der Waals surface area contributed by atoms with E-state index < -0.39 is 0 Å². The Morgan fingerprint density at radius 2 is 1.86 bits per heavy atom. The Bertz CT molecular complexity index is 1050. The molecule has 1 aromatic heterocycles. The van der Waals surface area contributed by atoms with Gasteiger partial charge in [-0.15, -0.1) is 0 Å². The van der Waals surface area contributed by atoms with Crippen LogP contribution in [0.15, 0.2) is 70.2 Å². The lowest BCUT2D eigenvalue weighted by Crippen LogP contribution is -2.18. The maximum absolute atomic E-state index is 12.2. The van der Waals surface area contributed by atoms with E-state index in [1.54, 1.807) is 56.3 Å². The van der Waals surface area contributed by atoms with Crippen LogP contribution in [0, 0.1) is 6.92 Å². The molecule has 0 aliphatic heterocycles. The Labute approximate surface area is 169 Å². The fourth-order valence-corrected chi connectivity index (χ4v) is 2.70. The zero-order chi connectivity index (χ0) is 20.8. The molecule has 0 spiro atoms. The summed E-state index contributed by atoms with van der Waals surface area (Å²) in [6, 6.07) is 17.8. The molecule has 0 radical (unpaired) electrons. The van der Waals surface area contributed by atoms with Crippen molar-refractivity contribution in [2.75, 3.05) is 0 Å². The van der Waals surface area contributed by atoms with E-state index in [4.69, 9.17) is 9.15 Å². The molecule has 1 amide bonds. The van der Waals surface area contributed by atoms with Gasteiger partial charge in [0.1, 0.15) is 11.5 Å². The van der Waals surface area contributed by atoms with Crippen molar-refractivity contribution in [3.63, 3.8) is 0 Å². The number of nitrogens with zero attached hydrogens (tertiary/aromatic N) is 1. The topological polar surface area (TPSA) is 80.9 Å². The maximum atomic E-state index is 12.2. The van der Waals surface area contributed by atoms with Crippen molar-refractivity contribution in [2.45, 2.75) is 26.9 Å². The van der Waals surface area contributed by atoms with Crippen molar-refractivity contribution >= 4 is 18.1 Å². The van der Waals surface area contributed by atoms with Crippen molar-refractivity contribution in [3.8, 4) is 11.3 Å².